The Morgan fingerprint density at radius 2 is 1.83 bits per heavy atom. The Morgan fingerprint density at radius 1 is 1.10 bits per heavy atom. The van der Waals surface area contributed by atoms with Gasteiger partial charge in [0.2, 0.25) is 10.0 Å². The van der Waals surface area contributed by atoms with Crippen molar-refractivity contribution in [3.05, 3.63) is 46.5 Å². The predicted octanol–water partition coefficient (Wildman–Crippen LogP) is 3.70. The van der Waals surface area contributed by atoms with Crippen LogP contribution in [0.5, 0.6) is 5.75 Å². The summed E-state index contributed by atoms with van der Waals surface area (Å²) in [7, 11) is -5.90. The summed E-state index contributed by atoms with van der Waals surface area (Å²) in [5, 5.41) is 0.363. The van der Waals surface area contributed by atoms with Crippen molar-refractivity contribution in [1.29, 1.82) is 0 Å². The molecule has 1 N–H and O–H groups in total. The Bertz CT molecular complexity index is 1150. The zero-order valence-corrected chi connectivity index (χ0v) is 18.8. The lowest BCUT2D eigenvalue weighted by Crippen LogP contribution is -2.38. The first kappa shape index (κ1) is 21.7. The average Bonchev–Trinajstić information content (AvgIpc) is 2.63. The van der Waals surface area contributed by atoms with E-state index in [2.05, 4.69) is 4.72 Å². The molecule has 1 aliphatic heterocycles. The van der Waals surface area contributed by atoms with E-state index in [0.717, 1.165) is 6.42 Å². The number of hydrogen-bond acceptors (Lipinski definition) is 5. The molecule has 158 valence electrons. The fourth-order valence-electron chi connectivity index (χ4n) is 3.35. The summed E-state index contributed by atoms with van der Waals surface area (Å²) in [5.41, 5.74) is 1.75. The lowest BCUT2D eigenvalue weighted by molar-refractivity contribution is 0.417. The highest BCUT2D eigenvalue weighted by atomic mass is 35.5. The quantitative estimate of drug-likeness (QED) is 0.737. The average molecular weight is 459 g/mol. The number of nitrogens with zero attached hydrogens (tertiary/aromatic N) is 1. The Labute approximate surface area is 176 Å². The number of anilines is 2. The maximum absolute atomic E-state index is 13.0. The van der Waals surface area contributed by atoms with Crippen molar-refractivity contribution >= 4 is 43.0 Å². The summed E-state index contributed by atoms with van der Waals surface area (Å²) in [5.74, 6) is 0.435. The molecule has 0 spiro atoms. The van der Waals surface area contributed by atoms with Crippen LogP contribution in [0.3, 0.4) is 0 Å². The van der Waals surface area contributed by atoms with Crippen LogP contribution in [0.2, 0.25) is 5.02 Å². The third-order valence-electron chi connectivity index (χ3n) is 4.81. The zero-order valence-electron chi connectivity index (χ0n) is 16.4. The largest absolute Gasteiger partial charge is 0.495 e. The van der Waals surface area contributed by atoms with Gasteiger partial charge in [0.05, 0.1) is 29.1 Å². The van der Waals surface area contributed by atoms with Crippen molar-refractivity contribution in [1.82, 2.24) is 0 Å². The smallest absolute Gasteiger partial charge is 0.262 e. The summed E-state index contributed by atoms with van der Waals surface area (Å²) < 4.78 is 60.0. The maximum Gasteiger partial charge on any atom is 0.262 e. The van der Waals surface area contributed by atoms with Gasteiger partial charge in [-0.25, -0.2) is 16.8 Å². The fraction of sp³-hybridized carbons (Fsp3) is 0.368. The number of nitrogens with one attached hydrogen (secondary N) is 1. The molecule has 1 fully saturated rings. The van der Waals surface area contributed by atoms with E-state index in [-0.39, 0.29) is 16.3 Å². The molecular formula is C19H23ClN2O5S2. The molecule has 7 nitrogen and oxygen atoms in total. The number of benzene rings is 2. The summed E-state index contributed by atoms with van der Waals surface area (Å²) >= 11 is 5.99. The highest BCUT2D eigenvalue weighted by Crippen LogP contribution is 2.34. The van der Waals surface area contributed by atoms with Gasteiger partial charge in [0, 0.05) is 11.6 Å². The summed E-state index contributed by atoms with van der Waals surface area (Å²) in [4.78, 5) is 0.0650. The van der Waals surface area contributed by atoms with Crippen molar-refractivity contribution < 1.29 is 21.6 Å². The van der Waals surface area contributed by atoms with Gasteiger partial charge in [-0.1, -0.05) is 11.6 Å². The Balaban J connectivity index is 2.01. The molecule has 0 amide bonds. The first-order chi connectivity index (χ1) is 13.5. The molecule has 0 radical (unpaired) electrons. The molecule has 3 rings (SSSR count). The van der Waals surface area contributed by atoms with Gasteiger partial charge >= 0.3 is 0 Å². The number of aryl methyl sites for hydroxylation is 2. The van der Waals surface area contributed by atoms with Gasteiger partial charge in [-0.15, -0.1) is 0 Å². The Morgan fingerprint density at radius 3 is 2.48 bits per heavy atom. The summed E-state index contributed by atoms with van der Waals surface area (Å²) in [6, 6.07) is 7.75. The molecule has 0 aromatic heterocycles. The van der Waals surface area contributed by atoms with Crippen molar-refractivity contribution in [2.45, 2.75) is 31.6 Å². The van der Waals surface area contributed by atoms with Gasteiger partial charge in [0.25, 0.3) is 10.0 Å². The van der Waals surface area contributed by atoms with E-state index in [1.807, 2.05) is 0 Å². The third-order valence-corrected chi connectivity index (χ3v) is 8.40. The monoisotopic (exact) mass is 458 g/mol. The fourth-order valence-corrected chi connectivity index (χ4v) is 6.59. The Hall–Kier alpha value is -1.97. The summed E-state index contributed by atoms with van der Waals surface area (Å²) in [6.07, 6.45) is 1.41. The minimum Gasteiger partial charge on any atom is -0.495 e. The van der Waals surface area contributed by atoms with Crippen LogP contribution < -0.4 is 13.8 Å². The topological polar surface area (TPSA) is 92.8 Å². The molecule has 0 atom stereocenters. The molecule has 1 aliphatic rings. The molecule has 0 bridgehead atoms. The van der Waals surface area contributed by atoms with Crippen LogP contribution in [-0.2, 0) is 20.0 Å². The number of sulfonamides is 2. The van der Waals surface area contributed by atoms with Crippen LogP contribution in [0, 0.1) is 13.8 Å². The number of hydrogen-bond donors (Lipinski definition) is 1. The van der Waals surface area contributed by atoms with E-state index in [1.165, 1.54) is 23.5 Å². The normalized spacial score (nSPS) is 16.5. The SMILES string of the molecule is COc1ccc(Cl)cc1NS(=O)(=O)c1cc(C)c(N2CCCCS2(=O)=O)cc1C. The van der Waals surface area contributed by atoms with Crippen LogP contribution >= 0.6 is 11.6 Å². The number of ether oxygens (including phenoxy) is 1. The minimum atomic E-state index is -3.95. The molecule has 0 saturated carbocycles. The van der Waals surface area contributed by atoms with E-state index >= 15 is 0 Å². The Kier molecular flexibility index (Phi) is 6.03. The molecule has 2 aromatic carbocycles. The third kappa shape index (κ3) is 4.46. The van der Waals surface area contributed by atoms with Crippen LogP contribution in [-0.4, -0.2) is 36.2 Å². The lowest BCUT2D eigenvalue weighted by Gasteiger charge is -2.30. The van der Waals surface area contributed by atoms with Gasteiger partial charge in [0.15, 0.2) is 0 Å². The second-order valence-electron chi connectivity index (χ2n) is 6.95. The first-order valence-electron chi connectivity index (χ1n) is 9.03. The van der Waals surface area contributed by atoms with Crippen LogP contribution in [0.25, 0.3) is 0 Å². The summed E-state index contributed by atoms with van der Waals surface area (Å²) in [6.45, 7) is 3.74. The van der Waals surface area contributed by atoms with Crippen molar-refractivity contribution in [3.63, 3.8) is 0 Å². The number of rotatable bonds is 5. The van der Waals surface area contributed by atoms with E-state index < -0.39 is 20.0 Å². The molecule has 1 saturated heterocycles. The predicted molar refractivity (Wildman–Crippen MR) is 115 cm³/mol. The second kappa shape index (κ2) is 8.04. The lowest BCUT2D eigenvalue weighted by atomic mass is 10.1. The van der Waals surface area contributed by atoms with Crippen LogP contribution in [0.4, 0.5) is 11.4 Å². The van der Waals surface area contributed by atoms with E-state index in [9.17, 15) is 16.8 Å². The molecule has 0 unspecified atom stereocenters. The highest BCUT2D eigenvalue weighted by Gasteiger charge is 2.29. The van der Waals surface area contributed by atoms with Gasteiger partial charge < -0.3 is 4.74 Å². The molecule has 2 aromatic rings. The van der Waals surface area contributed by atoms with Crippen molar-refractivity contribution in [2.75, 3.05) is 28.4 Å². The van der Waals surface area contributed by atoms with E-state index in [1.54, 1.807) is 32.0 Å². The standard InChI is InChI=1S/C19H23ClN2O5S2/c1-13-11-19(14(2)10-17(13)22-8-4-5-9-28(22,23)24)29(25,26)21-16-12-15(20)6-7-18(16)27-3/h6-7,10-12,21H,4-5,8-9H2,1-3H3. The first-order valence-corrected chi connectivity index (χ1v) is 12.5. The van der Waals surface area contributed by atoms with Crippen LogP contribution in [0.1, 0.15) is 24.0 Å². The van der Waals surface area contributed by atoms with Gasteiger partial charge in [0.1, 0.15) is 5.75 Å². The maximum atomic E-state index is 13.0. The molecular weight excluding hydrogens is 436 g/mol. The molecule has 0 aliphatic carbocycles. The number of methoxy groups -OCH3 is 1. The minimum absolute atomic E-state index is 0.0650. The van der Waals surface area contributed by atoms with Gasteiger partial charge in [-0.2, -0.15) is 0 Å². The zero-order chi connectivity index (χ0) is 21.4. The van der Waals surface area contributed by atoms with Gasteiger partial charge in [-0.3, -0.25) is 9.03 Å². The molecule has 1 heterocycles. The molecule has 10 heteroatoms. The van der Waals surface area contributed by atoms with Crippen molar-refractivity contribution in [3.8, 4) is 5.75 Å². The van der Waals surface area contributed by atoms with Crippen LogP contribution in [0.15, 0.2) is 35.2 Å². The van der Waals surface area contributed by atoms with E-state index in [4.69, 9.17) is 16.3 Å². The van der Waals surface area contributed by atoms with Crippen molar-refractivity contribution in [2.24, 2.45) is 0 Å². The van der Waals surface area contributed by atoms with E-state index in [0.29, 0.717) is 40.6 Å². The highest BCUT2D eigenvalue weighted by molar-refractivity contribution is 7.93. The second-order valence-corrected chi connectivity index (χ2v) is 11.0. The number of halogens is 1. The van der Waals surface area contributed by atoms with Gasteiger partial charge in [-0.05, 0) is 68.1 Å². The molecule has 29 heavy (non-hydrogen) atoms.